The summed E-state index contributed by atoms with van der Waals surface area (Å²) in [6.07, 6.45) is -0.128. The first-order chi connectivity index (χ1) is 12.7. The zero-order valence-corrected chi connectivity index (χ0v) is 14.5. The lowest BCUT2D eigenvalue weighted by molar-refractivity contribution is 0.0925. The van der Waals surface area contributed by atoms with Crippen molar-refractivity contribution in [2.45, 2.75) is 13.0 Å². The van der Waals surface area contributed by atoms with Crippen molar-refractivity contribution in [3.63, 3.8) is 0 Å². The maximum absolute atomic E-state index is 13.0. The van der Waals surface area contributed by atoms with E-state index in [0.29, 0.717) is 29.4 Å². The maximum Gasteiger partial charge on any atom is 0.297 e. The summed E-state index contributed by atoms with van der Waals surface area (Å²) >= 11 is 0. The van der Waals surface area contributed by atoms with Gasteiger partial charge in [-0.25, -0.2) is 0 Å². The molecule has 0 radical (unpaired) electrons. The van der Waals surface area contributed by atoms with Gasteiger partial charge in [0.1, 0.15) is 23.3 Å². The molecule has 1 aromatic heterocycles. The monoisotopic (exact) mass is 350 g/mol. The van der Waals surface area contributed by atoms with Gasteiger partial charge in [-0.3, -0.25) is 9.69 Å². The van der Waals surface area contributed by atoms with Crippen molar-refractivity contribution in [1.29, 1.82) is 0 Å². The second-order valence-corrected chi connectivity index (χ2v) is 6.12. The molecule has 4 rings (SSSR count). The Morgan fingerprint density at radius 1 is 1.19 bits per heavy atom. The van der Waals surface area contributed by atoms with E-state index in [1.54, 1.807) is 30.2 Å². The minimum atomic E-state index is -0.260. The van der Waals surface area contributed by atoms with E-state index in [1.807, 2.05) is 43.3 Å². The Kier molecular flexibility index (Phi) is 4.08. The first kappa shape index (κ1) is 16.2. The summed E-state index contributed by atoms with van der Waals surface area (Å²) < 4.78 is 16.4. The number of carbonyl (C=O) groups excluding carboxylic acids is 1. The normalized spacial score (nSPS) is 15.9. The van der Waals surface area contributed by atoms with E-state index in [4.69, 9.17) is 14.0 Å². The molecule has 1 atom stereocenters. The second kappa shape index (κ2) is 6.55. The third-order valence-electron chi connectivity index (χ3n) is 4.26. The van der Waals surface area contributed by atoms with Crippen LogP contribution < -0.4 is 14.4 Å². The molecular formula is C20H18N2O4. The highest BCUT2D eigenvalue weighted by molar-refractivity contribution is 6.06. The van der Waals surface area contributed by atoms with E-state index in [0.717, 1.165) is 5.56 Å². The van der Waals surface area contributed by atoms with Gasteiger partial charge in [0.15, 0.2) is 0 Å². The van der Waals surface area contributed by atoms with Crippen molar-refractivity contribution in [1.82, 2.24) is 5.16 Å². The van der Waals surface area contributed by atoms with Gasteiger partial charge in [0.25, 0.3) is 5.91 Å². The summed E-state index contributed by atoms with van der Waals surface area (Å²) in [5.74, 6) is 1.22. The number of anilines is 1. The van der Waals surface area contributed by atoms with Crippen LogP contribution in [0.5, 0.6) is 11.5 Å². The van der Waals surface area contributed by atoms with E-state index >= 15 is 0 Å². The van der Waals surface area contributed by atoms with Gasteiger partial charge in [0.05, 0.1) is 19.3 Å². The van der Waals surface area contributed by atoms with Crippen LogP contribution >= 0.6 is 0 Å². The highest BCUT2D eigenvalue weighted by Gasteiger charge is 2.31. The van der Waals surface area contributed by atoms with Gasteiger partial charge in [0.2, 0.25) is 5.76 Å². The van der Waals surface area contributed by atoms with Crippen LogP contribution in [0.1, 0.15) is 17.5 Å². The first-order valence-corrected chi connectivity index (χ1v) is 8.34. The number of ether oxygens (including phenoxy) is 2. The highest BCUT2D eigenvalue weighted by Crippen LogP contribution is 2.37. The predicted octanol–water partition coefficient (Wildman–Crippen LogP) is 3.78. The number of rotatable bonds is 3. The Bertz CT molecular complexity index is 936. The Balaban J connectivity index is 1.68. The van der Waals surface area contributed by atoms with Crippen LogP contribution in [-0.4, -0.2) is 30.8 Å². The number of aromatic nitrogens is 1. The van der Waals surface area contributed by atoms with Gasteiger partial charge >= 0.3 is 0 Å². The molecule has 1 amide bonds. The molecular weight excluding hydrogens is 332 g/mol. The van der Waals surface area contributed by atoms with Crippen LogP contribution in [0, 0.1) is 0 Å². The first-order valence-electron chi connectivity index (χ1n) is 8.34. The summed E-state index contributed by atoms with van der Waals surface area (Å²) in [4.78, 5) is 14.7. The van der Waals surface area contributed by atoms with Crippen LogP contribution in [0.15, 0.2) is 59.1 Å². The van der Waals surface area contributed by atoms with Crippen LogP contribution in [-0.2, 0) is 0 Å². The molecule has 2 heterocycles. The Labute approximate surface area is 150 Å². The van der Waals surface area contributed by atoms with E-state index in [9.17, 15) is 4.79 Å². The maximum atomic E-state index is 13.0. The second-order valence-electron chi connectivity index (χ2n) is 6.12. The smallest absolute Gasteiger partial charge is 0.297 e. The molecule has 2 aromatic carbocycles. The largest absolute Gasteiger partial charge is 0.497 e. The molecule has 0 fully saturated rings. The molecule has 1 aliphatic heterocycles. The number of carbonyl (C=O) groups is 1. The van der Waals surface area contributed by atoms with Crippen molar-refractivity contribution >= 4 is 11.6 Å². The number of hydrogen-bond acceptors (Lipinski definition) is 5. The molecule has 0 aliphatic carbocycles. The number of fused-ring (bicyclic) bond motifs is 1. The lowest BCUT2D eigenvalue weighted by Crippen LogP contribution is -2.42. The lowest BCUT2D eigenvalue weighted by Gasteiger charge is -2.33. The summed E-state index contributed by atoms with van der Waals surface area (Å²) in [7, 11) is 1.59. The molecule has 132 valence electrons. The third kappa shape index (κ3) is 2.90. The van der Waals surface area contributed by atoms with Gasteiger partial charge in [-0.05, 0) is 19.1 Å². The fourth-order valence-electron chi connectivity index (χ4n) is 2.99. The van der Waals surface area contributed by atoms with Crippen LogP contribution in [0.2, 0.25) is 0 Å². The number of hydrogen-bond donors (Lipinski definition) is 0. The predicted molar refractivity (Wildman–Crippen MR) is 96.7 cm³/mol. The molecule has 0 N–H and O–H groups in total. The molecule has 26 heavy (non-hydrogen) atoms. The zero-order valence-electron chi connectivity index (χ0n) is 14.5. The van der Waals surface area contributed by atoms with Crippen LogP contribution in [0.3, 0.4) is 0 Å². The SMILES string of the molecule is COc1ccc2c(c1)N(C(=O)c1cc(-c3ccccc3)no1)C[C@H](C)O2. The third-order valence-corrected chi connectivity index (χ3v) is 4.26. The minimum Gasteiger partial charge on any atom is -0.497 e. The standard InChI is InChI=1S/C20H18N2O4/c1-13-12-22(17-10-15(24-2)8-9-18(17)25-13)20(23)19-11-16(21-26-19)14-6-4-3-5-7-14/h3-11,13H,12H2,1-2H3/t13-/m0/s1. The summed E-state index contributed by atoms with van der Waals surface area (Å²) in [5.41, 5.74) is 2.18. The summed E-state index contributed by atoms with van der Waals surface area (Å²) in [6, 6.07) is 16.7. The zero-order chi connectivity index (χ0) is 18.1. The van der Waals surface area contributed by atoms with E-state index in [-0.39, 0.29) is 17.8 Å². The quantitative estimate of drug-likeness (QED) is 0.719. The van der Waals surface area contributed by atoms with Crippen molar-refractivity contribution < 1.29 is 18.8 Å². The van der Waals surface area contributed by atoms with Gasteiger partial charge in [0, 0.05) is 17.7 Å². The molecule has 0 unspecified atom stereocenters. The molecule has 6 heteroatoms. The number of methoxy groups -OCH3 is 1. The number of benzene rings is 2. The average Bonchev–Trinajstić information content (AvgIpc) is 3.17. The van der Waals surface area contributed by atoms with E-state index in [1.165, 1.54) is 0 Å². The fraction of sp³-hybridized carbons (Fsp3) is 0.200. The molecule has 0 saturated carbocycles. The molecule has 0 bridgehead atoms. The van der Waals surface area contributed by atoms with Gasteiger partial charge in [-0.15, -0.1) is 0 Å². The van der Waals surface area contributed by atoms with Gasteiger partial charge < -0.3 is 14.0 Å². The minimum absolute atomic E-state index is 0.128. The van der Waals surface area contributed by atoms with Crippen molar-refractivity contribution in [2.24, 2.45) is 0 Å². The molecule has 3 aromatic rings. The molecule has 1 aliphatic rings. The average molecular weight is 350 g/mol. The van der Waals surface area contributed by atoms with Crippen molar-refractivity contribution in [3.8, 4) is 22.8 Å². The molecule has 6 nitrogen and oxygen atoms in total. The molecule has 0 spiro atoms. The van der Waals surface area contributed by atoms with Gasteiger partial charge in [-0.2, -0.15) is 0 Å². The van der Waals surface area contributed by atoms with E-state index in [2.05, 4.69) is 5.16 Å². The Morgan fingerprint density at radius 2 is 2.00 bits per heavy atom. The molecule has 0 saturated heterocycles. The number of nitrogens with zero attached hydrogens (tertiary/aromatic N) is 2. The highest BCUT2D eigenvalue weighted by atomic mass is 16.5. The Morgan fingerprint density at radius 3 is 2.77 bits per heavy atom. The van der Waals surface area contributed by atoms with Crippen LogP contribution in [0.4, 0.5) is 5.69 Å². The Hall–Kier alpha value is -3.28. The summed E-state index contributed by atoms with van der Waals surface area (Å²) in [5, 5.41) is 4.03. The number of amides is 1. The van der Waals surface area contributed by atoms with Gasteiger partial charge in [-0.1, -0.05) is 35.5 Å². The van der Waals surface area contributed by atoms with E-state index < -0.39 is 0 Å². The lowest BCUT2D eigenvalue weighted by atomic mass is 10.1. The topological polar surface area (TPSA) is 64.8 Å². The fourth-order valence-corrected chi connectivity index (χ4v) is 2.99. The van der Waals surface area contributed by atoms with Crippen molar-refractivity contribution in [2.75, 3.05) is 18.6 Å². The van der Waals surface area contributed by atoms with Crippen LogP contribution in [0.25, 0.3) is 11.3 Å². The van der Waals surface area contributed by atoms with Crippen molar-refractivity contribution in [3.05, 3.63) is 60.4 Å². The summed E-state index contributed by atoms with van der Waals surface area (Å²) in [6.45, 7) is 2.34.